The zero-order valence-electron chi connectivity index (χ0n) is 8.33. The number of hydrogen-bond donors (Lipinski definition) is 2. The molecule has 1 rings (SSSR count). The Morgan fingerprint density at radius 1 is 1.31 bits per heavy atom. The van der Waals surface area contributed by atoms with Gasteiger partial charge in [0, 0.05) is 6.04 Å². The van der Waals surface area contributed by atoms with Crippen LogP contribution in [0, 0.1) is 5.92 Å². The summed E-state index contributed by atoms with van der Waals surface area (Å²) < 4.78 is 0. The van der Waals surface area contributed by atoms with Gasteiger partial charge in [-0.05, 0) is 25.1 Å². The van der Waals surface area contributed by atoms with E-state index >= 15 is 0 Å². The maximum Gasteiger partial charge on any atom is 0.0355 e. The van der Waals surface area contributed by atoms with E-state index in [1.807, 2.05) is 13.1 Å². The van der Waals surface area contributed by atoms with Crippen LogP contribution in [0.4, 0.5) is 0 Å². The minimum absolute atomic E-state index is 0.367. The highest BCUT2D eigenvalue weighted by Crippen LogP contribution is 2.19. The first-order valence-corrected chi connectivity index (χ1v) is 4.72. The minimum Gasteiger partial charge on any atom is -0.330 e. The van der Waals surface area contributed by atoms with E-state index in [4.69, 9.17) is 5.73 Å². The van der Waals surface area contributed by atoms with Gasteiger partial charge < -0.3 is 11.1 Å². The summed E-state index contributed by atoms with van der Waals surface area (Å²) in [4.78, 5) is 0. The average Bonchev–Trinajstić information content (AvgIpc) is 2.20. The van der Waals surface area contributed by atoms with Gasteiger partial charge in [0.05, 0.1) is 0 Å². The molecule has 2 nitrogen and oxygen atoms in total. The molecule has 1 aromatic carbocycles. The maximum absolute atomic E-state index is 5.65. The zero-order valence-corrected chi connectivity index (χ0v) is 8.33. The monoisotopic (exact) mass is 178 g/mol. The molecule has 13 heavy (non-hydrogen) atoms. The predicted octanol–water partition coefficient (Wildman–Crippen LogP) is 1.54. The fraction of sp³-hybridized carbons (Fsp3) is 0.455. The summed E-state index contributed by atoms with van der Waals surface area (Å²) >= 11 is 0. The smallest absolute Gasteiger partial charge is 0.0355 e. The van der Waals surface area contributed by atoms with E-state index in [1.165, 1.54) is 5.56 Å². The van der Waals surface area contributed by atoms with Gasteiger partial charge in [-0.1, -0.05) is 37.3 Å². The van der Waals surface area contributed by atoms with Crippen molar-refractivity contribution in [3.63, 3.8) is 0 Å². The molecule has 2 heteroatoms. The molecule has 0 saturated carbocycles. The minimum atomic E-state index is 0.367. The molecule has 0 heterocycles. The van der Waals surface area contributed by atoms with E-state index < -0.39 is 0 Å². The van der Waals surface area contributed by atoms with Crippen LogP contribution in [-0.4, -0.2) is 13.6 Å². The van der Waals surface area contributed by atoms with Crippen molar-refractivity contribution in [2.75, 3.05) is 13.6 Å². The van der Waals surface area contributed by atoms with Crippen molar-refractivity contribution >= 4 is 0 Å². The molecular weight excluding hydrogens is 160 g/mol. The van der Waals surface area contributed by atoms with E-state index in [0.717, 1.165) is 0 Å². The average molecular weight is 178 g/mol. The number of nitrogens with two attached hydrogens (primary N) is 1. The fourth-order valence-electron chi connectivity index (χ4n) is 1.58. The van der Waals surface area contributed by atoms with E-state index in [-0.39, 0.29) is 0 Å². The third-order valence-electron chi connectivity index (χ3n) is 2.41. The Morgan fingerprint density at radius 3 is 2.38 bits per heavy atom. The molecule has 0 bridgehead atoms. The molecule has 2 unspecified atom stereocenters. The van der Waals surface area contributed by atoms with E-state index in [1.54, 1.807) is 0 Å². The zero-order chi connectivity index (χ0) is 9.68. The van der Waals surface area contributed by atoms with Gasteiger partial charge >= 0.3 is 0 Å². The summed E-state index contributed by atoms with van der Waals surface area (Å²) in [7, 11) is 1.98. The molecule has 72 valence electrons. The van der Waals surface area contributed by atoms with Crippen LogP contribution in [0.15, 0.2) is 30.3 Å². The Kier molecular flexibility index (Phi) is 3.93. The lowest BCUT2D eigenvalue weighted by molar-refractivity contribution is 0.419. The van der Waals surface area contributed by atoms with Gasteiger partial charge in [-0.2, -0.15) is 0 Å². The van der Waals surface area contributed by atoms with Gasteiger partial charge in [0.2, 0.25) is 0 Å². The van der Waals surface area contributed by atoms with Crippen molar-refractivity contribution in [3.8, 4) is 0 Å². The van der Waals surface area contributed by atoms with Gasteiger partial charge in [-0.3, -0.25) is 0 Å². The summed E-state index contributed by atoms with van der Waals surface area (Å²) in [6, 6.07) is 10.8. The summed E-state index contributed by atoms with van der Waals surface area (Å²) in [5, 5.41) is 3.29. The van der Waals surface area contributed by atoms with Crippen molar-refractivity contribution in [2.45, 2.75) is 13.0 Å². The van der Waals surface area contributed by atoms with E-state index in [2.05, 4.69) is 36.5 Å². The van der Waals surface area contributed by atoms with Gasteiger partial charge in [0.15, 0.2) is 0 Å². The first-order chi connectivity index (χ1) is 6.29. The van der Waals surface area contributed by atoms with Crippen LogP contribution in [0.3, 0.4) is 0 Å². The Morgan fingerprint density at radius 2 is 1.92 bits per heavy atom. The van der Waals surface area contributed by atoms with E-state index in [9.17, 15) is 0 Å². The van der Waals surface area contributed by atoms with Crippen LogP contribution in [0.1, 0.15) is 18.5 Å². The number of rotatable bonds is 4. The van der Waals surface area contributed by atoms with Crippen molar-refractivity contribution in [1.82, 2.24) is 5.32 Å². The largest absolute Gasteiger partial charge is 0.330 e. The second-order valence-corrected chi connectivity index (χ2v) is 3.39. The molecule has 0 aliphatic heterocycles. The molecule has 0 aliphatic rings. The van der Waals surface area contributed by atoms with Crippen LogP contribution in [0.5, 0.6) is 0 Å². The fourth-order valence-corrected chi connectivity index (χ4v) is 1.58. The molecule has 0 amide bonds. The standard InChI is InChI=1S/C11H18N2/c1-9(8-12)11(13-2)10-6-4-3-5-7-10/h3-7,9,11,13H,8,12H2,1-2H3. The van der Waals surface area contributed by atoms with Crippen LogP contribution in [0.2, 0.25) is 0 Å². The third-order valence-corrected chi connectivity index (χ3v) is 2.41. The quantitative estimate of drug-likeness (QED) is 0.734. The highest BCUT2D eigenvalue weighted by Gasteiger charge is 2.14. The van der Waals surface area contributed by atoms with Crippen LogP contribution in [0.25, 0.3) is 0 Å². The number of nitrogens with one attached hydrogen (secondary N) is 1. The van der Waals surface area contributed by atoms with Crippen molar-refractivity contribution < 1.29 is 0 Å². The molecule has 0 saturated heterocycles. The lowest BCUT2D eigenvalue weighted by Gasteiger charge is -2.22. The Labute approximate surface area is 80.1 Å². The first-order valence-electron chi connectivity index (χ1n) is 4.72. The molecule has 0 aromatic heterocycles. The van der Waals surface area contributed by atoms with Crippen molar-refractivity contribution in [3.05, 3.63) is 35.9 Å². The Hall–Kier alpha value is -0.860. The van der Waals surface area contributed by atoms with Crippen LogP contribution < -0.4 is 11.1 Å². The van der Waals surface area contributed by atoms with Gasteiger partial charge in [0.1, 0.15) is 0 Å². The van der Waals surface area contributed by atoms with Crippen molar-refractivity contribution in [1.29, 1.82) is 0 Å². The molecule has 2 atom stereocenters. The summed E-state index contributed by atoms with van der Waals surface area (Å²) in [6.45, 7) is 2.87. The van der Waals surface area contributed by atoms with Gasteiger partial charge in [-0.25, -0.2) is 0 Å². The van der Waals surface area contributed by atoms with Gasteiger partial charge in [0.25, 0.3) is 0 Å². The second-order valence-electron chi connectivity index (χ2n) is 3.39. The molecule has 0 radical (unpaired) electrons. The normalized spacial score (nSPS) is 15.3. The lowest BCUT2D eigenvalue weighted by atomic mass is 9.95. The summed E-state index contributed by atoms with van der Waals surface area (Å²) in [6.07, 6.45) is 0. The van der Waals surface area contributed by atoms with Crippen LogP contribution in [-0.2, 0) is 0 Å². The molecule has 3 N–H and O–H groups in total. The second kappa shape index (κ2) is 5.00. The molecule has 0 spiro atoms. The highest BCUT2D eigenvalue weighted by molar-refractivity contribution is 5.19. The predicted molar refractivity (Wildman–Crippen MR) is 56.5 cm³/mol. The Balaban J connectivity index is 2.78. The lowest BCUT2D eigenvalue weighted by Crippen LogP contribution is -2.28. The van der Waals surface area contributed by atoms with Crippen LogP contribution >= 0.6 is 0 Å². The molecule has 0 aliphatic carbocycles. The third kappa shape index (κ3) is 2.54. The Bertz CT molecular complexity index is 233. The topological polar surface area (TPSA) is 38.0 Å². The molecule has 0 fully saturated rings. The van der Waals surface area contributed by atoms with Crippen molar-refractivity contribution in [2.24, 2.45) is 11.7 Å². The molecule has 1 aromatic rings. The first kappa shape index (κ1) is 10.2. The molecular formula is C11H18N2. The summed E-state index contributed by atoms with van der Waals surface area (Å²) in [5.41, 5.74) is 6.95. The number of benzene rings is 1. The van der Waals surface area contributed by atoms with E-state index in [0.29, 0.717) is 18.5 Å². The summed E-state index contributed by atoms with van der Waals surface area (Å²) in [5.74, 6) is 0.465. The number of hydrogen-bond acceptors (Lipinski definition) is 2. The highest BCUT2D eigenvalue weighted by atomic mass is 14.9. The van der Waals surface area contributed by atoms with Gasteiger partial charge in [-0.15, -0.1) is 0 Å². The maximum atomic E-state index is 5.65. The SMILES string of the molecule is CNC(c1ccccc1)C(C)CN.